The van der Waals surface area contributed by atoms with Crippen molar-refractivity contribution in [2.24, 2.45) is 0 Å². The summed E-state index contributed by atoms with van der Waals surface area (Å²) in [6.07, 6.45) is 4.52. The van der Waals surface area contributed by atoms with Crippen molar-refractivity contribution in [1.82, 2.24) is 10.3 Å². The number of hydrogen-bond acceptors (Lipinski definition) is 6. The normalized spacial score (nSPS) is 20.9. The van der Waals surface area contributed by atoms with E-state index in [-0.39, 0.29) is 18.3 Å². The van der Waals surface area contributed by atoms with Crippen molar-refractivity contribution in [3.8, 4) is 0 Å². The van der Waals surface area contributed by atoms with Gasteiger partial charge in [0, 0.05) is 48.8 Å². The van der Waals surface area contributed by atoms with Gasteiger partial charge < -0.3 is 14.8 Å². The van der Waals surface area contributed by atoms with Crippen LogP contribution in [-0.2, 0) is 19.1 Å². The fourth-order valence-corrected chi connectivity index (χ4v) is 4.45. The molecule has 0 bridgehead atoms. The predicted molar refractivity (Wildman–Crippen MR) is 116 cm³/mol. The number of nitrogens with one attached hydrogen (secondary N) is 1. The monoisotopic (exact) mass is 418 g/mol. The van der Waals surface area contributed by atoms with Gasteiger partial charge in [-0.1, -0.05) is 36.4 Å². The summed E-state index contributed by atoms with van der Waals surface area (Å²) in [7, 11) is 1.56. The number of carbonyl (C=O) groups excluding carboxylic acids is 2. The number of benzene rings is 1. The van der Waals surface area contributed by atoms with E-state index in [1.165, 1.54) is 0 Å². The molecule has 2 aromatic rings. The second kappa shape index (κ2) is 9.27. The molecule has 0 saturated heterocycles. The number of ether oxygens (including phenoxy) is 2. The van der Waals surface area contributed by atoms with Crippen molar-refractivity contribution in [1.29, 1.82) is 0 Å². The molecule has 0 radical (unpaired) electrons. The van der Waals surface area contributed by atoms with Crippen LogP contribution in [0.25, 0.3) is 0 Å². The number of aromatic nitrogens is 1. The number of methoxy groups -OCH3 is 1. The van der Waals surface area contributed by atoms with Gasteiger partial charge in [0.2, 0.25) is 0 Å². The van der Waals surface area contributed by atoms with Crippen molar-refractivity contribution >= 4 is 11.8 Å². The number of dihydropyridines is 1. The van der Waals surface area contributed by atoms with Gasteiger partial charge in [0.05, 0.1) is 12.2 Å². The van der Waals surface area contributed by atoms with E-state index in [2.05, 4.69) is 22.4 Å². The fourth-order valence-electron chi connectivity index (χ4n) is 4.45. The van der Waals surface area contributed by atoms with Crippen LogP contribution in [0, 0.1) is 0 Å². The van der Waals surface area contributed by atoms with E-state index in [0.717, 1.165) is 16.8 Å². The van der Waals surface area contributed by atoms with Gasteiger partial charge in [0.1, 0.15) is 6.61 Å². The standard InChI is InChI=1S/C25H26N2O4/c1-16-22(25(29)31-12-11-30-2)23(18-9-6-10-26-15-18)24-20(27-16)13-19(14-21(24)28)17-7-4-3-5-8-17/h3-10,15,19,23,27H,11-14H2,1-2H3. The molecule has 0 fully saturated rings. The van der Waals surface area contributed by atoms with E-state index in [1.54, 1.807) is 19.5 Å². The summed E-state index contributed by atoms with van der Waals surface area (Å²) in [5.41, 5.74) is 4.63. The minimum absolute atomic E-state index is 0.0474. The fraction of sp³-hybridized carbons (Fsp3) is 0.320. The molecule has 1 aliphatic heterocycles. The third kappa shape index (κ3) is 4.30. The number of nitrogens with zero attached hydrogens (tertiary/aromatic N) is 1. The summed E-state index contributed by atoms with van der Waals surface area (Å²) in [5, 5.41) is 3.36. The molecule has 6 nitrogen and oxygen atoms in total. The van der Waals surface area contributed by atoms with Gasteiger partial charge in [0.15, 0.2) is 5.78 Å². The van der Waals surface area contributed by atoms with E-state index in [1.807, 2.05) is 37.3 Å². The van der Waals surface area contributed by atoms with E-state index >= 15 is 0 Å². The van der Waals surface area contributed by atoms with E-state index in [9.17, 15) is 9.59 Å². The first-order valence-corrected chi connectivity index (χ1v) is 10.4. The minimum atomic E-state index is -0.496. The third-order valence-corrected chi connectivity index (χ3v) is 5.86. The Balaban J connectivity index is 1.73. The van der Waals surface area contributed by atoms with Crippen molar-refractivity contribution in [3.05, 3.63) is 88.5 Å². The number of rotatable bonds is 6. The molecule has 2 heterocycles. The zero-order valence-corrected chi connectivity index (χ0v) is 17.8. The van der Waals surface area contributed by atoms with E-state index in [4.69, 9.17) is 9.47 Å². The lowest BCUT2D eigenvalue weighted by atomic mass is 9.72. The van der Waals surface area contributed by atoms with Gasteiger partial charge in [-0.15, -0.1) is 0 Å². The van der Waals surface area contributed by atoms with Gasteiger partial charge in [-0.25, -0.2) is 4.79 Å². The topological polar surface area (TPSA) is 77.5 Å². The van der Waals surface area contributed by atoms with Crippen LogP contribution < -0.4 is 5.32 Å². The molecule has 2 atom stereocenters. The molecular weight excluding hydrogens is 392 g/mol. The van der Waals surface area contributed by atoms with Crippen molar-refractivity contribution < 1.29 is 19.1 Å². The summed E-state index contributed by atoms with van der Waals surface area (Å²) in [6.45, 7) is 2.33. The first kappa shape index (κ1) is 21.0. The Kier molecular flexibility index (Phi) is 6.28. The maximum absolute atomic E-state index is 13.4. The second-order valence-corrected chi connectivity index (χ2v) is 7.84. The van der Waals surface area contributed by atoms with Crippen LogP contribution in [0.4, 0.5) is 0 Å². The summed E-state index contributed by atoms with van der Waals surface area (Å²) in [6, 6.07) is 13.8. The number of hydrogen-bond donors (Lipinski definition) is 1. The first-order valence-electron chi connectivity index (χ1n) is 10.4. The average Bonchev–Trinajstić information content (AvgIpc) is 2.79. The highest BCUT2D eigenvalue weighted by Gasteiger charge is 2.41. The second-order valence-electron chi connectivity index (χ2n) is 7.84. The van der Waals surface area contributed by atoms with Crippen LogP contribution in [0.1, 0.15) is 42.7 Å². The Morgan fingerprint density at radius 1 is 1.10 bits per heavy atom. The summed E-state index contributed by atoms with van der Waals surface area (Å²) in [5.74, 6) is -0.784. The smallest absolute Gasteiger partial charge is 0.336 e. The molecule has 1 N–H and O–H groups in total. The number of pyridine rings is 1. The predicted octanol–water partition coefficient (Wildman–Crippen LogP) is 3.63. The zero-order chi connectivity index (χ0) is 21.8. The number of ketones is 1. The third-order valence-electron chi connectivity index (χ3n) is 5.86. The molecule has 0 amide bonds. The number of carbonyl (C=O) groups is 2. The summed E-state index contributed by atoms with van der Waals surface area (Å²) < 4.78 is 10.4. The number of Topliss-reactive ketones (excluding diaryl/α,β-unsaturated/α-hetero) is 1. The Bertz CT molecular complexity index is 1030. The van der Waals surface area contributed by atoms with Crippen LogP contribution in [0.3, 0.4) is 0 Å². The molecule has 0 spiro atoms. The highest BCUT2D eigenvalue weighted by Crippen LogP contribution is 2.45. The number of allylic oxidation sites excluding steroid dienone is 3. The van der Waals surface area contributed by atoms with Gasteiger partial charge in [-0.3, -0.25) is 9.78 Å². The van der Waals surface area contributed by atoms with Gasteiger partial charge >= 0.3 is 5.97 Å². The Morgan fingerprint density at radius 2 is 1.87 bits per heavy atom. The van der Waals surface area contributed by atoms with Crippen LogP contribution >= 0.6 is 0 Å². The molecule has 31 heavy (non-hydrogen) atoms. The van der Waals surface area contributed by atoms with Gasteiger partial charge in [-0.05, 0) is 36.5 Å². The van der Waals surface area contributed by atoms with Crippen molar-refractivity contribution in [3.63, 3.8) is 0 Å². The maximum Gasteiger partial charge on any atom is 0.336 e. The highest BCUT2D eigenvalue weighted by molar-refractivity contribution is 6.04. The molecule has 2 unspecified atom stereocenters. The van der Waals surface area contributed by atoms with Crippen LogP contribution in [-0.4, -0.2) is 37.1 Å². The van der Waals surface area contributed by atoms with Crippen molar-refractivity contribution in [2.45, 2.75) is 31.6 Å². The zero-order valence-electron chi connectivity index (χ0n) is 17.8. The molecule has 1 aromatic heterocycles. The quantitative estimate of drug-likeness (QED) is 0.570. The Hall–Kier alpha value is -3.25. The lowest BCUT2D eigenvalue weighted by molar-refractivity contribution is -0.140. The van der Waals surface area contributed by atoms with Gasteiger partial charge in [-0.2, -0.15) is 0 Å². The molecular formula is C25H26N2O4. The van der Waals surface area contributed by atoms with Crippen molar-refractivity contribution in [2.75, 3.05) is 20.3 Å². The van der Waals surface area contributed by atoms with E-state index < -0.39 is 11.9 Å². The van der Waals surface area contributed by atoms with Crippen LogP contribution in [0.5, 0.6) is 0 Å². The Morgan fingerprint density at radius 3 is 2.58 bits per heavy atom. The molecule has 2 aliphatic rings. The minimum Gasteiger partial charge on any atom is -0.460 e. The average molecular weight is 418 g/mol. The lowest BCUT2D eigenvalue weighted by Gasteiger charge is -2.36. The molecule has 1 aromatic carbocycles. The first-order chi connectivity index (χ1) is 15.1. The largest absolute Gasteiger partial charge is 0.460 e. The lowest BCUT2D eigenvalue weighted by Crippen LogP contribution is -2.36. The van der Waals surface area contributed by atoms with Crippen LogP contribution in [0.15, 0.2) is 77.4 Å². The molecule has 0 saturated carbocycles. The molecule has 6 heteroatoms. The van der Waals surface area contributed by atoms with Crippen LogP contribution in [0.2, 0.25) is 0 Å². The number of esters is 1. The summed E-state index contributed by atoms with van der Waals surface area (Å²) in [4.78, 5) is 30.7. The summed E-state index contributed by atoms with van der Waals surface area (Å²) >= 11 is 0. The SMILES string of the molecule is COCCOC(=O)C1=C(C)NC2=C(C(=O)CC(c3ccccc3)C2)C1c1cccnc1. The highest BCUT2D eigenvalue weighted by atomic mass is 16.6. The van der Waals surface area contributed by atoms with E-state index in [0.29, 0.717) is 36.3 Å². The molecule has 1 aliphatic carbocycles. The molecule has 4 rings (SSSR count). The van der Waals surface area contributed by atoms with Gasteiger partial charge in [0.25, 0.3) is 0 Å². The maximum atomic E-state index is 13.4. The molecule has 160 valence electrons. The Labute approximate surface area is 182 Å².